The molecule has 0 aliphatic rings. The van der Waals surface area contributed by atoms with Crippen LogP contribution in [0.15, 0.2) is 120 Å². The van der Waals surface area contributed by atoms with E-state index in [0.717, 1.165) is 22.3 Å². The van der Waals surface area contributed by atoms with Gasteiger partial charge < -0.3 is 9.15 Å². The summed E-state index contributed by atoms with van der Waals surface area (Å²) in [5, 5.41) is 8.25. The molecule has 1 heterocycles. The highest BCUT2D eigenvalue weighted by Gasteiger charge is 2.20. The molecule has 0 bridgehead atoms. The van der Waals surface area contributed by atoms with E-state index in [0.29, 0.717) is 17.3 Å². The third-order valence-corrected chi connectivity index (χ3v) is 5.24. The molecule has 33 heavy (non-hydrogen) atoms. The van der Waals surface area contributed by atoms with Crippen LogP contribution in [0, 0.1) is 0 Å². The fourth-order valence-corrected chi connectivity index (χ4v) is 3.55. The maximum atomic E-state index is 13.0. The Bertz CT molecular complexity index is 1290. The molecule has 5 nitrogen and oxygen atoms in total. The quantitative estimate of drug-likeness (QED) is 0.293. The van der Waals surface area contributed by atoms with Crippen LogP contribution in [0.2, 0.25) is 0 Å². The van der Waals surface area contributed by atoms with Crippen molar-refractivity contribution in [1.29, 1.82) is 0 Å². The highest BCUT2D eigenvalue weighted by molar-refractivity contribution is 5.90. The van der Waals surface area contributed by atoms with Gasteiger partial charge in [0.05, 0.1) is 5.56 Å². The lowest BCUT2D eigenvalue weighted by molar-refractivity contribution is 0.0378. The molecule has 160 valence electrons. The Morgan fingerprint density at radius 3 is 1.58 bits per heavy atom. The first kappa shape index (κ1) is 20.4. The predicted octanol–water partition coefficient (Wildman–Crippen LogP) is 6.35. The Morgan fingerprint density at radius 1 is 0.606 bits per heavy atom. The summed E-state index contributed by atoms with van der Waals surface area (Å²) in [6, 6.07) is 36.0. The van der Waals surface area contributed by atoms with Gasteiger partial charge in [-0.1, -0.05) is 78.9 Å². The summed E-state index contributed by atoms with van der Waals surface area (Å²) in [6.45, 7) is 0. The lowest BCUT2D eigenvalue weighted by Gasteiger charge is -2.19. The molecule has 0 saturated carbocycles. The number of esters is 1. The van der Waals surface area contributed by atoms with Crippen molar-refractivity contribution in [1.82, 2.24) is 10.2 Å². The van der Waals surface area contributed by atoms with Crippen molar-refractivity contribution in [3.63, 3.8) is 0 Å². The number of aromatic nitrogens is 2. The van der Waals surface area contributed by atoms with Gasteiger partial charge >= 0.3 is 5.97 Å². The van der Waals surface area contributed by atoms with Crippen LogP contribution in [0.4, 0.5) is 0 Å². The van der Waals surface area contributed by atoms with Crippen LogP contribution in [0.25, 0.3) is 22.9 Å². The van der Waals surface area contributed by atoms with E-state index in [-0.39, 0.29) is 0 Å². The molecule has 5 rings (SSSR count). The van der Waals surface area contributed by atoms with Gasteiger partial charge in [-0.3, -0.25) is 0 Å². The number of carbonyl (C=O) groups is 1. The van der Waals surface area contributed by atoms with Gasteiger partial charge in [-0.05, 0) is 47.5 Å². The van der Waals surface area contributed by atoms with E-state index in [4.69, 9.17) is 9.15 Å². The van der Waals surface area contributed by atoms with Gasteiger partial charge in [0.1, 0.15) is 0 Å². The molecule has 4 aromatic carbocycles. The topological polar surface area (TPSA) is 65.2 Å². The first-order valence-corrected chi connectivity index (χ1v) is 10.6. The van der Waals surface area contributed by atoms with Crippen molar-refractivity contribution >= 4 is 5.97 Å². The first-order chi connectivity index (χ1) is 16.3. The first-order valence-electron chi connectivity index (χ1n) is 10.6. The molecule has 5 heteroatoms. The summed E-state index contributed by atoms with van der Waals surface area (Å²) >= 11 is 0. The zero-order valence-electron chi connectivity index (χ0n) is 17.7. The number of hydrogen-bond acceptors (Lipinski definition) is 5. The van der Waals surface area contributed by atoms with E-state index < -0.39 is 12.1 Å². The van der Waals surface area contributed by atoms with E-state index in [1.165, 1.54) is 0 Å². The third kappa shape index (κ3) is 4.57. The summed E-state index contributed by atoms with van der Waals surface area (Å²) in [7, 11) is 0. The summed E-state index contributed by atoms with van der Waals surface area (Å²) in [6.07, 6.45) is -0.496. The Labute approximate surface area is 191 Å². The van der Waals surface area contributed by atoms with Crippen molar-refractivity contribution in [2.75, 3.05) is 0 Å². The van der Waals surface area contributed by atoms with Crippen LogP contribution in [-0.2, 0) is 4.74 Å². The van der Waals surface area contributed by atoms with E-state index >= 15 is 0 Å². The Kier molecular flexibility index (Phi) is 5.76. The molecule has 0 spiro atoms. The van der Waals surface area contributed by atoms with Gasteiger partial charge in [0.2, 0.25) is 11.8 Å². The lowest BCUT2D eigenvalue weighted by atomic mass is 10.0. The zero-order chi connectivity index (χ0) is 22.5. The number of nitrogens with zero attached hydrogens (tertiary/aromatic N) is 2. The van der Waals surface area contributed by atoms with Crippen LogP contribution in [-0.4, -0.2) is 16.2 Å². The summed E-state index contributed by atoms with van der Waals surface area (Å²) in [4.78, 5) is 13.0. The molecule has 0 fully saturated rings. The minimum absolute atomic E-state index is 0.389. The maximum absolute atomic E-state index is 13.0. The standard InChI is InChI=1S/C28H20N2O3/c31-28(32-25(20-10-4-1-5-11-20)21-12-6-2-7-13-21)24-18-16-23(17-19-24)27-30-29-26(33-27)22-14-8-3-9-15-22/h1-19,25H. The van der Waals surface area contributed by atoms with Gasteiger partial charge in [0.15, 0.2) is 6.10 Å². The Balaban J connectivity index is 1.35. The van der Waals surface area contributed by atoms with Crippen molar-refractivity contribution in [3.8, 4) is 22.9 Å². The third-order valence-electron chi connectivity index (χ3n) is 5.24. The molecule has 0 saturated heterocycles. The number of hydrogen-bond donors (Lipinski definition) is 0. The van der Waals surface area contributed by atoms with Crippen molar-refractivity contribution in [2.24, 2.45) is 0 Å². The average molecular weight is 432 g/mol. The van der Waals surface area contributed by atoms with Gasteiger partial charge in [0, 0.05) is 11.1 Å². The molecule has 0 N–H and O–H groups in total. The number of rotatable bonds is 6. The van der Waals surface area contributed by atoms with Crippen LogP contribution in [0.5, 0.6) is 0 Å². The molecule has 5 aromatic rings. The average Bonchev–Trinajstić information content (AvgIpc) is 3.39. The van der Waals surface area contributed by atoms with E-state index in [1.54, 1.807) is 24.3 Å². The van der Waals surface area contributed by atoms with Crippen LogP contribution < -0.4 is 0 Å². The molecule has 1 aromatic heterocycles. The second kappa shape index (κ2) is 9.32. The highest BCUT2D eigenvalue weighted by atomic mass is 16.5. The van der Waals surface area contributed by atoms with E-state index in [9.17, 15) is 4.79 Å². The summed E-state index contributed by atoms with van der Waals surface area (Å²) in [5.41, 5.74) is 3.84. The van der Waals surface area contributed by atoms with E-state index in [2.05, 4.69) is 10.2 Å². The molecule has 0 unspecified atom stereocenters. The fraction of sp³-hybridized carbons (Fsp3) is 0.0357. The van der Waals surface area contributed by atoms with Gasteiger partial charge in [-0.25, -0.2) is 4.79 Å². The van der Waals surface area contributed by atoms with Crippen LogP contribution in [0.3, 0.4) is 0 Å². The lowest BCUT2D eigenvalue weighted by Crippen LogP contribution is -2.13. The second-order valence-electron chi connectivity index (χ2n) is 7.46. The molecular weight excluding hydrogens is 412 g/mol. The second-order valence-corrected chi connectivity index (χ2v) is 7.46. The molecule has 0 atom stereocenters. The highest BCUT2D eigenvalue weighted by Crippen LogP contribution is 2.28. The van der Waals surface area contributed by atoms with Crippen LogP contribution >= 0.6 is 0 Å². The zero-order valence-corrected chi connectivity index (χ0v) is 17.7. The summed E-state index contributed by atoms with van der Waals surface area (Å²) in [5.74, 6) is 0.428. The maximum Gasteiger partial charge on any atom is 0.339 e. The number of carbonyl (C=O) groups excluding carboxylic acids is 1. The molecule has 0 aliphatic carbocycles. The van der Waals surface area contributed by atoms with Crippen molar-refractivity contribution in [3.05, 3.63) is 132 Å². The normalized spacial score (nSPS) is 10.8. The Morgan fingerprint density at radius 2 is 1.06 bits per heavy atom. The minimum Gasteiger partial charge on any atom is -0.449 e. The minimum atomic E-state index is -0.496. The molecule has 0 radical (unpaired) electrons. The van der Waals surface area contributed by atoms with Gasteiger partial charge in [0.25, 0.3) is 0 Å². The van der Waals surface area contributed by atoms with Crippen molar-refractivity contribution in [2.45, 2.75) is 6.10 Å². The SMILES string of the molecule is O=C(OC(c1ccccc1)c1ccccc1)c1ccc(-c2nnc(-c3ccccc3)o2)cc1. The number of ether oxygens (including phenoxy) is 1. The predicted molar refractivity (Wildman–Crippen MR) is 125 cm³/mol. The largest absolute Gasteiger partial charge is 0.449 e. The Hall–Kier alpha value is -4.51. The van der Waals surface area contributed by atoms with Crippen LogP contribution in [0.1, 0.15) is 27.6 Å². The molecule has 0 amide bonds. The number of benzene rings is 4. The molecular formula is C28H20N2O3. The summed E-state index contributed by atoms with van der Waals surface area (Å²) < 4.78 is 11.7. The van der Waals surface area contributed by atoms with E-state index in [1.807, 2.05) is 91.0 Å². The smallest absolute Gasteiger partial charge is 0.339 e. The molecule has 0 aliphatic heterocycles. The van der Waals surface area contributed by atoms with Gasteiger partial charge in [-0.2, -0.15) is 0 Å². The van der Waals surface area contributed by atoms with Crippen molar-refractivity contribution < 1.29 is 13.9 Å². The monoisotopic (exact) mass is 432 g/mol. The fourth-order valence-electron chi connectivity index (χ4n) is 3.55. The van der Waals surface area contributed by atoms with Gasteiger partial charge in [-0.15, -0.1) is 10.2 Å².